The molecule has 2 nitrogen and oxygen atoms in total. The molecule has 0 radical (unpaired) electrons. The Hall–Kier alpha value is -1.02. The first-order valence-electron chi connectivity index (χ1n) is 6.26. The molecule has 1 aliphatic heterocycles. The van der Waals surface area contributed by atoms with Gasteiger partial charge in [0.2, 0.25) is 0 Å². The molecule has 0 spiro atoms. The lowest BCUT2D eigenvalue weighted by Crippen LogP contribution is -2.42. The van der Waals surface area contributed by atoms with Gasteiger partial charge in [0.25, 0.3) is 0 Å². The van der Waals surface area contributed by atoms with E-state index in [1.807, 2.05) is 0 Å². The molecule has 0 aromatic heterocycles. The predicted octanol–water partition coefficient (Wildman–Crippen LogP) is 2.31. The van der Waals surface area contributed by atoms with E-state index in [0.717, 1.165) is 18.8 Å². The van der Waals surface area contributed by atoms with Crippen molar-refractivity contribution in [2.24, 2.45) is 0 Å². The zero-order chi connectivity index (χ0) is 11.3. The minimum Gasteiger partial charge on any atom is -0.399 e. The molecule has 0 amide bonds. The van der Waals surface area contributed by atoms with Crippen molar-refractivity contribution in [3.05, 3.63) is 28.8 Å². The smallest absolute Gasteiger partial charge is 0.0320 e. The van der Waals surface area contributed by atoms with Crippen molar-refractivity contribution in [3.63, 3.8) is 0 Å². The Balaban J connectivity index is 2.16. The molecule has 0 fully saturated rings. The van der Waals surface area contributed by atoms with Crippen LogP contribution in [0.3, 0.4) is 0 Å². The van der Waals surface area contributed by atoms with Gasteiger partial charge in [-0.1, -0.05) is 13.8 Å². The van der Waals surface area contributed by atoms with E-state index in [1.165, 1.54) is 30.5 Å². The summed E-state index contributed by atoms with van der Waals surface area (Å²) >= 11 is 0. The average molecular weight is 216 g/mol. The number of nitrogen functional groups attached to an aromatic ring is 1. The second-order valence-electron chi connectivity index (χ2n) is 5.58. The van der Waals surface area contributed by atoms with Crippen molar-refractivity contribution in [2.75, 3.05) is 18.8 Å². The van der Waals surface area contributed by atoms with Crippen molar-refractivity contribution in [3.8, 4) is 0 Å². The lowest BCUT2D eigenvalue weighted by molar-refractivity contribution is 0.195. The number of hydrogen-bond donors (Lipinski definition) is 1. The third-order valence-corrected chi connectivity index (χ3v) is 4.29. The molecule has 1 heterocycles. The van der Waals surface area contributed by atoms with Gasteiger partial charge in [0, 0.05) is 24.2 Å². The largest absolute Gasteiger partial charge is 0.399 e. The van der Waals surface area contributed by atoms with Crippen molar-refractivity contribution in [1.82, 2.24) is 4.90 Å². The molecular formula is C14H20N2. The van der Waals surface area contributed by atoms with Gasteiger partial charge >= 0.3 is 0 Å². The standard InChI is InChI=1S/C14H20N2/c1-3-16-8-11-7-12(15)6-10-4-5-14(2,9-16)13(10)11/h6-7H,3-5,8-9,15H2,1-2H3. The maximum absolute atomic E-state index is 5.99. The van der Waals surface area contributed by atoms with Crippen LogP contribution in [0.15, 0.2) is 12.1 Å². The quantitative estimate of drug-likeness (QED) is 0.730. The molecular weight excluding hydrogens is 196 g/mol. The highest BCUT2D eigenvalue weighted by molar-refractivity contribution is 5.55. The summed E-state index contributed by atoms with van der Waals surface area (Å²) in [5.74, 6) is 0. The van der Waals surface area contributed by atoms with E-state index in [1.54, 1.807) is 5.56 Å². The summed E-state index contributed by atoms with van der Waals surface area (Å²) in [5.41, 5.74) is 11.9. The van der Waals surface area contributed by atoms with Gasteiger partial charge in [-0.25, -0.2) is 0 Å². The van der Waals surface area contributed by atoms with E-state index >= 15 is 0 Å². The van der Waals surface area contributed by atoms with E-state index in [4.69, 9.17) is 5.73 Å². The summed E-state index contributed by atoms with van der Waals surface area (Å²) < 4.78 is 0. The summed E-state index contributed by atoms with van der Waals surface area (Å²) in [7, 11) is 0. The third-order valence-electron chi connectivity index (χ3n) is 4.29. The highest BCUT2D eigenvalue weighted by Gasteiger charge is 2.40. The Bertz CT molecular complexity index is 439. The molecule has 2 N–H and O–H groups in total. The molecule has 2 aliphatic rings. The molecule has 1 aliphatic carbocycles. The average Bonchev–Trinajstić information content (AvgIpc) is 2.56. The number of rotatable bonds is 1. The summed E-state index contributed by atoms with van der Waals surface area (Å²) in [6.07, 6.45) is 2.50. The van der Waals surface area contributed by atoms with Gasteiger partial charge in [-0.05, 0) is 48.2 Å². The van der Waals surface area contributed by atoms with Crippen LogP contribution in [0.25, 0.3) is 0 Å². The third kappa shape index (κ3) is 1.29. The zero-order valence-corrected chi connectivity index (χ0v) is 10.2. The Morgan fingerprint density at radius 3 is 2.88 bits per heavy atom. The summed E-state index contributed by atoms with van der Waals surface area (Å²) in [6, 6.07) is 4.37. The van der Waals surface area contributed by atoms with Gasteiger partial charge in [0.15, 0.2) is 0 Å². The second kappa shape index (κ2) is 3.24. The maximum atomic E-state index is 5.99. The number of benzene rings is 1. The van der Waals surface area contributed by atoms with E-state index in [2.05, 4.69) is 30.9 Å². The fraction of sp³-hybridized carbons (Fsp3) is 0.571. The monoisotopic (exact) mass is 216 g/mol. The number of likely N-dealkylation sites (N-methyl/N-ethyl adjacent to an activating group) is 1. The number of nitrogens with zero attached hydrogens (tertiary/aromatic N) is 1. The number of hydrogen-bond acceptors (Lipinski definition) is 2. The zero-order valence-electron chi connectivity index (χ0n) is 10.2. The summed E-state index contributed by atoms with van der Waals surface area (Å²) in [6.45, 7) is 8.10. The molecule has 0 saturated carbocycles. The van der Waals surface area contributed by atoms with Crippen molar-refractivity contribution < 1.29 is 0 Å². The molecule has 86 valence electrons. The molecule has 0 saturated heterocycles. The number of nitrogens with two attached hydrogens (primary N) is 1. The van der Waals surface area contributed by atoms with Gasteiger partial charge < -0.3 is 5.73 Å². The Morgan fingerprint density at radius 2 is 2.12 bits per heavy atom. The van der Waals surface area contributed by atoms with Crippen LogP contribution in [0.4, 0.5) is 5.69 Å². The van der Waals surface area contributed by atoms with Crippen LogP contribution >= 0.6 is 0 Å². The summed E-state index contributed by atoms with van der Waals surface area (Å²) in [5, 5.41) is 0. The lowest BCUT2D eigenvalue weighted by atomic mass is 9.78. The minimum atomic E-state index is 0.382. The van der Waals surface area contributed by atoms with Gasteiger partial charge in [0.05, 0.1) is 0 Å². The van der Waals surface area contributed by atoms with E-state index in [9.17, 15) is 0 Å². The topological polar surface area (TPSA) is 29.3 Å². The first kappa shape index (κ1) is 10.2. The van der Waals surface area contributed by atoms with Gasteiger partial charge in [-0.15, -0.1) is 0 Å². The van der Waals surface area contributed by atoms with E-state index in [-0.39, 0.29) is 0 Å². The van der Waals surface area contributed by atoms with Crippen LogP contribution in [0.2, 0.25) is 0 Å². The Kier molecular flexibility index (Phi) is 2.05. The van der Waals surface area contributed by atoms with E-state index in [0.29, 0.717) is 5.41 Å². The van der Waals surface area contributed by atoms with Crippen molar-refractivity contribution in [2.45, 2.75) is 38.6 Å². The Labute approximate surface area is 97.4 Å². The van der Waals surface area contributed by atoms with Gasteiger partial charge in [-0.3, -0.25) is 4.90 Å². The minimum absolute atomic E-state index is 0.382. The van der Waals surface area contributed by atoms with E-state index < -0.39 is 0 Å². The number of aryl methyl sites for hydroxylation is 1. The SMILES string of the molecule is CCN1Cc2cc(N)cc3c2C(C)(CC3)C1. The van der Waals surface area contributed by atoms with Crippen molar-refractivity contribution in [1.29, 1.82) is 0 Å². The van der Waals surface area contributed by atoms with Crippen LogP contribution in [0.5, 0.6) is 0 Å². The molecule has 0 bridgehead atoms. The fourth-order valence-electron chi connectivity index (χ4n) is 3.60. The molecule has 16 heavy (non-hydrogen) atoms. The van der Waals surface area contributed by atoms with Gasteiger partial charge in [0.1, 0.15) is 0 Å². The second-order valence-corrected chi connectivity index (χ2v) is 5.58. The lowest BCUT2D eigenvalue weighted by Gasteiger charge is -2.39. The number of anilines is 1. The maximum Gasteiger partial charge on any atom is 0.0320 e. The molecule has 1 aromatic rings. The first-order chi connectivity index (χ1) is 7.62. The molecule has 3 rings (SSSR count). The first-order valence-corrected chi connectivity index (χ1v) is 6.26. The highest BCUT2D eigenvalue weighted by Crippen LogP contribution is 2.45. The van der Waals surface area contributed by atoms with Crippen LogP contribution in [0, 0.1) is 0 Å². The molecule has 2 heteroatoms. The van der Waals surface area contributed by atoms with Crippen LogP contribution in [-0.4, -0.2) is 18.0 Å². The molecule has 1 atom stereocenters. The Morgan fingerprint density at radius 1 is 1.38 bits per heavy atom. The summed E-state index contributed by atoms with van der Waals surface area (Å²) in [4.78, 5) is 2.54. The van der Waals surface area contributed by atoms with Crippen LogP contribution in [-0.2, 0) is 18.4 Å². The molecule has 1 aromatic carbocycles. The van der Waals surface area contributed by atoms with Crippen LogP contribution < -0.4 is 5.73 Å². The predicted molar refractivity (Wildman–Crippen MR) is 67.5 cm³/mol. The fourth-order valence-corrected chi connectivity index (χ4v) is 3.60. The van der Waals surface area contributed by atoms with Crippen LogP contribution in [0.1, 0.15) is 37.0 Å². The highest BCUT2D eigenvalue weighted by atomic mass is 15.1. The normalized spacial score (nSPS) is 28.1. The van der Waals surface area contributed by atoms with Gasteiger partial charge in [-0.2, -0.15) is 0 Å². The molecule has 1 unspecified atom stereocenters. The van der Waals surface area contributed by atoms with Crippen molar-refractivity contribution >= 4 is 5.69 Å².